The number of nitrogens with one attached hydrogen (secondary N) is 1. The van der Waals surface area contributed by atoms with Crippen LogP contribution in [0.1, 0.15) is 6.42 Å². The van der Waals surface area contributed by atoms with Crippen LogP contribution in [-0.2, 0) is 9.53 Å². The molecule has 1 heterocycles. The highest BCUT2D eigenvalue weighted by Gasteiger charge is 2.18. The molecule has 1 unspecified atom stereocenters. The minimum atomic E-state index is -0.0335. The highest BCUT2D eigenvalue weighted by molar-refractivity contribution is 6.30. The number of carbonyl (C=O) groups is 1. The molecule has 5 nitrogen and oxygen atoms in total. The summed E-state index contributed by atoms with van der Waals surface area (Å²) in [6.45, 7) is 3.38. The van der Waals surface area contributed by atoms with Crippen LogP contribution < -0.4 is 10.1 Å². The molecule has 1 aromatic carbocycles. The molecule has 1 N–H and O–H groups in total. The third kappa shape index (κ3) is 5.91. The number of likely N-dealkylation sites (N-methyl/N-ethyl adjacent to an activating group) is 1. The van der Waals surface area contributed by atoms with Crippen LogP contribution in [0.5, 0.6) is 5.75 Å². The Labute approximate surface area is 130 Å². The van der Waals surface area contributed by atoms with Crippen molar-refractivity contribution in [1.29, 1.82) is 0 Å². The topological polar surface area (TPSA) is 50.8 Å². The summed E-state index contributed by atoms with van der Waals surface area (Å²) in [6.07, 6.45) is 0.385. The van der Waals surface area contributed by atoms with Crippen molar-refractivity contribution in [1.82, 2.24) is 10.2 Å². The van der Waals surface area contributed by atoms with E-state index in [-0.39, 0.29) is 12.0 Å². The molecule has 1 fully saturated rings. The highest BCUT2D eigenvalue weighted by atomic mass is 35.5. The lowest BCUT2D eigenvalue weighted by atomic mass is 10.2. The van der Waals surface area contributed by atoms with Crippen LogP contribution in [0, 0.1) is 0 Å². The van der Waals surface area contributed by atoms with Crippen LogP contribution in [-0.4, -0.2) is 56.8 Å². The number of morpholine rings is 1. The second-order valence-corrected chi connectivity index (χ2v) is 5.55. The third-order valence-electron chi connectivity index (χ3n) is 3.26. The standard InChI is InChI=1S/C15H21ClN2O3/c1-18-6-8-21-14(11-18)10-17-15(19)5-7-20-13-4-2-3-12(16)9-13/h2-4,9,14H,5-8,10-11H2,1H3,(H,17,19). The average Bonchev–Trinajstić information content (AvgIpc) is 2.45. The van der Waals surface area contributed by atoms with Crippen molar-refractivity contribution in [2.24, 2.45) is 0 Å². The maximum atomic E-state index is 11.7. The number of hydrogen-bond donors (Lipinski definition) is 1. The van der Waals surface area contributed by atoms with E-state index < -0.39 is 0 Å². The van der Waals surface area contributed by atoms with Crippen molar-refractivity contribution >= 4 is 17.5 Å². The molecule has 0 aliphatic carbocycles. The van der Waals surface area contributed by atoms with Crippen LogP contribution in [0.2, 0.25) is 5.02 Å². The number of amides is 1. The zero-order chi connectivity index (χ0) is 15.1. The van der Waals surface area contributed by atoms with E-state index in [0.29, 0.717) is 30.3 Å². The van der Waals surface area contributed by atoms with Gasteiger partial charge in [0.25, 0.3) is 0 Å². The number of halogens is 1. The Balaban J connectivity index is 1.61. The van der Waals surface area contributed by atoms with Gasteiger partial charge < -0.3 is 19.7 Å². The first-order valence-corrected chi connectivity index (χ1v) is 7.46. The number of hydrogen-bond acceptors (Lipinski definition) is 4. The van der Waals surface area contributed by atoms with Gasteiger partial charge in [-0.1, -0.05) is 17.7 Å². The lowest BCUT2D eigenvalue weighted by Crippen LogP contribution is -2.46. The molecule has 1 aromatic rings. The minimum absolute atomic E-state index is 0.0335. The second kappa shape index (κ2) is 8.22. The van der Waals surface area contributed by atoms with Gasteiger partial charge in [-0.2, -0.15) is 0 Å². The Bertz CT molecular complexity index is 470. The van der Waals surface area contributed by atoms with E-state index in [9.17, 15) is 4.79 Å². The van der Waals surface area contributed by atoms with E-state index in [4.69, 9.17) is 21.1 Å². The summed E-state index contributed by atoms with van der Waals surface area (Å²) in [7, 11) is 2.05. The van der Waals surface area contributed by atoms with E-state index in [2.05, 4.69) is 17.3 Å². The van der Waals surface area contributed by atoms with Crippen LogP contribution in [0.4, 0.5) is 0 Å². The largest absolute Gasteiger partial charge is 0.493 e. The normalized spacial score (nSPS) is 19.2. The van der Waals surface area contributed by atoms with Crippen molar-refractivity contribution in [2.75, 3.05) is 39.9 Å². The van der Waals surface area contributed by atoms with E-state index in [1.54, 1.807) is 12.1 Å². The Morgan fingerprint density at radius 3 is 3.19 bits per heavy atom. The smallest absolute Gasteiger partial charge is 0.223 e. The maximum absolute atomic E-state index is 11.7. The van der Waals surface area contributed by atoms with E-state index >= 15 is 0 Å². The van der Waals surface area contributed by atoms with Crippen molar-refractivity contribution in [3.05, 3.63) is 29.3 Å². The molecule has 0 saturated carbocycles. The van der Waals surface area contributed by atoms with E-state index in [1.807, 2.05) is 12.1 Å². The van der Waals surface area contributed by atoms with Crippen LogP contribution >= 0.6 is 11.6 Å². The summed E-state index contributed by atoms with van der Waals surface area (Å²) in [5, 5.41) is 3.49. The van der Waals surface area contributed by atoms with E-state index in [0.717, 1.165) is 19.7 Å². The summed E-state index contributed by atoms with van der Waals surface area (Å²) in [5.74, 6) is 0.640. The van der Waals surface area contributed by atoms with Gasteiger partial charge in [0.1, 0.15) is 5.75 Å². The maximum Gasteiger partial charge on any atom is 0.223 e. The van der Waals surface area contributed by atoms with Crippen molar-refractivity contribution < 1.29 is 14.3 Å². The van der Waals surface area contributed by atoms with E-state index in [1.165, 1.54) is 0 Å². The van der Waals surface area contributed by atoms with Gasteiger partial charge in [0.15, 0.2) is 0 Å². The highest BCUT2D eigenvalue weighted by Crippen LogP contribution is 2.17. The molecule has 2 rings (SSSR count). The molecule has 1 aliphatic heterocycles. The first kappa shape index (κ1) is 16.1. The van der Waals surface area contributed by atoms with Crippen molar-refractivity contribution in [3.8, 4) is 5.75 Å². The van der Waals surface area contributed by atoms with Gasteiger partial charge in [-0.05, 0) is 25.2 Å². The summed E-state index contributed by atoms with van der Waals surface area (Å²) in [5.41, 5.74) is 0. The first-order valence-electron chi connectivity index (χ1n) is 7.08. The number of nitrogens with zero attached hydrogens (tertiary/aromatic N) is 1. The monoisotopic (exact) mass is 312 g/mol. The summed E-state index contributed by atoms with van der Waals surface area (Å²) in [6, 6.07) is 7.14. The molecule has 116 valence electrons. The molecule has 0 radical (unpaired) electrons. The van der Waals surface area contributed by atoms with Crippen LogP contribution in [0.15, 0.2) is 24.3 Å². The fourth-order valence-corrected chi connectivity index (χ4v) is 2.31. The summed E-state index contributed by atoms with van der Waals surface area (Å²) < 4.78 is 11.1. The Morgan fingerprint density at radius 2 is 2.43 bits per heavy atom. The molecular formula is C15H21ClN2O3. The fourth-order valence-electron chi connectivity index (χ4n) is 2.12. The predicted octanol–water partition coefficient (Wildman–Crippen LogP) is 1.56. The average molecular weight is 313 g/mol. The first-order chi connectivity index (χ1) is 10.1. The second-order valence-electron chi connectivity index (χ2n) is 5.11. The zero-order valence-electron chi connectivity index (χ0n) is 12.2. The summed E-state index contributed by atoms with van der Waals surface area (Å²) >= 11 is 5.86. The Hall–Kier alpha value is -1.30. The lowest BCUT2D eigenvalue weighted by molar-refractivity contribution is -0.122. The number of rotatable bonds is 6. The molecule has 1 saturated heterocycles. The molecule has 1 atom stereocenters. The van der Waals surface area contributed by atoms with Gasteiger partial charge >= 0.3 is 0 Å². The molecule has 1 aliphatic rings. The quantitative estimate of drug-likeness (QED) is 0.866. The Kier molecular flexibility index (Phi) is 6.29. The molecule has 0 spiro atoms. The summed E-state index contributed by atoms with van der Waals surface area (Å²) in [4.78, 5) is 13.9. The zero-order valence-corrected chi connectivity index (χ0v) is 12.9. The SMILES string of the molecule is CN1CCOC(CNC(=O)CCOc2cccc(Cl)c2)C1. The predicted molar refractivity (Wildman–Crippen MR) is 81.8 cm³/mol. The third-order valence-corrected chi connectivity index (χ3v) is 3.50. The van der Waals surface area contributed by atoms with Gasteiger partial charge in [-0.25, -0.2) is 0 Å². The van der Waals surface area contributed by atoms with Crippen molar-refractivity contribution in [2.45, 2.75) is 12.5 Å². The number of benzene rings is 1. The lowest BCUT2D eigenvalue weighted by Gasteiger charge is -2.30. The molecule has 21 heavy (non-hydrogen) atoms. The van der Waals surface area contributed by atoms with Gasteiger partial charge in [-0.15, -0.1) is 0 Å². The van der Waals surface area contributed by atoms with Crippen LogP contribution in [0.3, 0.4) is 0 Å². The van der Waals surface area contributed by atoms with Gasteiger partial charge in [0, 0.05) is 24.7 Å². The molecule has 0 aromatic heterocycles. The fraction of sp³-hybridized carbons (Fsp3) is 0.533. The molecule has 1 amide bonds. The van der Waals surface area contributed by atoms with Crippen LogP contribution in [0.25, 0.3) is 0 Å². The number of ether oxygens (including phenoxy) is 2. The minimum Gasteiger partial charge on any atom is -0.493 e. The molecular weight excluding hydrogens is 292 g/mol. The molecule has 6 heteroatoms. The Morgan fingerprint density at radius 1 is 1.57 bits per heavy atom. The van der Waals surface area contributed by atoms with Crippen molar-refractivity contribution in [3.63, 3.8) is 0 Å². The van der Waals surface area contributed by atoms with Gasteiger partial charge in [0.05, 0.1) is 25.7 Å². The van der Waals surface area contributed by atoms with Gasteiger partial charge in [0.2, 0.25) is 5.91 Å². The van der Waals surface area contributed by atoms with Gasteiger partial charge in [-0.3, -0.25) is 4.79 Å². The number of carbonyl (C=O) groups excluding carboxylic acids is 1. The molecule has 0 bridgehead atoms.